The molecule has 0 aromatic heterocycles. The molecule has 0 heterocycles. The second-order valence-electron chi connectivity index (χ2n) is 4.09. The second-order valence-corrected chi connectivity index (χ2v) is 8.78. The Labute approximate surface area is 87.6 Å². The molecule has 0 aliphatic rings. The number of rotatable bonds is 7. The van der Waals surface area contributed by atoms with Crippen molar-refractivity contribution in [2.75, 3.05) is 13.3 Å². The predicted octanol–water partition coefficient (Wildman–Crippen LogP) is 2.73. The lowest BCUT2D eigenvalue weighted by atomic mass is 10.1. The van der Waals surface area contributed by atoms with Crippen LogP contribution in [0.15, 0.2) is 0 Å². The highest BCUT2D eigenvalue weighted by atomic mass is 28.4. The summed E-state index contributed by atoms with van der Waals surface area (Å²) >= 11 is 0. The van der Waals surface area contributed by atoms with Gasteiger partial charge in [-0.1, -0.05) is 20.8 Å². The van der Waals surface area contributed by atoms with E-state index in [-0.39, 0.29) is 6.61 Å². The van der Waals surface area contributed by atoms with Gasteiger partial charge < -0.3 is 9.53 Å². The quantitative estimate of drug-likeness (QED) is 0.671. The van der Waals surface area contributed by atoms with Crippen LogP contribution in [0.1, 0.15) is 27.7 Å². The van der Waals surface area contributed by atoms with E-state index in [1.807, 2.05) is 0 Å². The van der Waals surface area contributed by atoms with Crippen molar-refractivity contribution in [3.8, 4) is 0 Å². The van der Waals surface area contributed by atoms with Crippen LogP contribution in [-0.4, -0.2) is 32.3 Å². The van der Waals surface area contributed by atoms with Crippen molar-refractivity contribution in [1.29, 1.82) is 0 Å². The van der Waals surface area contributed by atoms with Gasteiger partial charge in [0.25, 0.3) is 0 Å². The van der Waals surface area contributed by atoms with Crippen molar-refractivity contribution >= 4 is 8.32 Å². The fourth-order valence-corrected chi connectivity index (χ4v) is 4.69. The Balaban J connectivity index is 4.56. The molecule has 4 heteroatoms. The number of hydrogen-bond donors (Lipinski definition) is 1. The van der Waals surface area contributed by atoms with E-state index >= 15 is 0 Å². The summed E-state index contributed by atoms with van der Waals surface area (Å²) in [6.45, 7) is 7.08. The summed E-state index contributed by atoms with van der Waals surface area (Å²) in [5, 5.41) is 9.09. The lowest BCUT2D eigenvalue weighted by molar-refractivity contribution is -0.00419. The monoisotopic (exact) mass is 222 g/mol. The summed E-state index contributed by atoms with van der Waals surface area (Å²) in [6.07, 6.45) is 0. The fraction of sp³-hybridized carbons (Fsp3) is 1.00. The van der Waals surface area contributed by atoms with E-state index in [0.717, 1.165) is 18.1 Å². The van der Waals surface area contributed by atoms with Gasteiger partial charge in [-0.05, 0) is 25.1 Å². The molecule has 0 saturated heterocycles. The summed E-state index contributed by atoms with van der Waals surface area (Å²) in [6, 6.07) is 2.95. The Hall–Kier alpha value is 0.0669. The Morgan fingerprint density at radius 1 is 1.21 bits per heavy atom. The molecule has 0 rings (SSSR count). The third kappa shape index (κ3) is 3.33. The van der Waals surface area contributed by atoms with E-state index in [0.29, 0.717) is 0 Å². The van der Waals surface area contributed by atoms with Crippen LogP contribution in [0.25, 0.3) is 0 Å². The van der Waals surface area contributed by atoms with E-state index in [4.69, 9.17) is 9.53 Å². The minimum atomic E-state index is -1.79. The summed E-state index contributed by atoms with van der Waals surface area (Å²) in [5.41, 5.74) is -0.978. The Kier molecular flexibility index (Phi) is 5.86. The first-order valence-electron chi connectivity index (χ1n) is 5.38. The van der Waals surface area contributed by atoms with Crippen LogP contribution in [0.4, 0.5) is 4.39 Å². The average molecular weight is 222 g/mol. The highest BCUT2D eigenvalue weighted by Gasteiger charge is 2.37. The van der Waals surface area contributed by atoms with Crippen LogP contribution in [-0.2, 0) is 4.43 Å². The highest BCUT2D eigenvalue weighted by Crippen LogP contribution is 2.27. The molecule has 1 N–H and O–H groups in total. The van der Waals surface area contributed by atoms with Gasteiger partial charge in [-0.15, -0.1) is 0 Å². The molecule has 0 unspecified atom stereocenters. The molecule has 86 valence electrons. The third-order valence-electron chi connectivity index (χ3n) is 3.01. The maximum atomic E-state index is 12.7. The van der Waals surface area contributed by atoms with Crippen LogP contribution in [0.5, 0.6) is 0 Å². The largest absolute Gasteiger partial charge is 0.407 e. The standard InChI is InChI=1S/C10H23FO2Si/c1-5-14(6-2,7-3)13-10(4,8-11)9-12/h12H,5-9H2,1-4H3/t10-/m0/s1. The van der Waals surface area contributed by atoms with Gasteiger partial charge in [0.1, 0.15) is 12.3 Å². The molecule has 0 aromatic carbocycles. The highest BCUT2D eigenvalue weighted by molar-refractivity contribution is 6.73. The van der Waals surface area contributed by atoms with Crippen molar-refractivity contribution in [1.82, 2.24) is 0 Å². The minimum Gasteiger partial charge on any atom is -0.407 e. The van der Waals surface area contributed by atoms with E-state index in [9.17, 15) is 4.39 Å². The third-order valence-corrected chi connectivity index (χ3v) is 7.80. The van der Waals surface area contributed by atoms with Crippen LogP contribution < -0.4 is 0 Å². The van der Waals surface area contributed by atoms with Crippen molar-refractivity contribution in [3.05, 3.63) is 0 Å². The lowest BCUT2D eigenvalue weighted by Gasteiger charge is -2.37. The molecule has 0 amide bonds. The molecule has 0 radical (unpaired) electrons. The minimum absolute atomic E-state index is 0.238. The van der Waals surface area contributed by atoms with Crippen LogP contribution in [0, 0.1) is 0 Å². The molecule has 0 aliphatic carbocycles. The SMILES string of the molecule is CC[Si](CC)(CC)O[C@](C)(CO)CF. The van der Waals surface area contributed by atoms with Gasteiger partial charge >= 0.3 is 0 Å². The van der Waals surface area contributed by atoms with E-state index in [1.165, 1.54) is 0 Å². The molecule has 14 heavy (non-hydrogen) atoms. The zero-order valence-electron chi connectivity index (χ0n) is 9.77. The molecule has 0 saturated carbocycles. The van der Waals surface area contributed by atoms with Crippen molar-refractivity contribution in [2.24, 2.45) is 0 Å². The second kappa shape index (κ2) is 5.83. The molecule has 0 aromatic rings. The van der Waals surface area contributed by atoms with Crippen LogP contribution in [0.2, 0.25) is 18.1 Å². The fourth-order valence-electron chi connectivity index (χ4n) is 1.59. The van der Waals surface area contributed by atoms with Gasteiger partial charge in [-0.3, -0.25) is 0 Å². The normalized spacial score (nSPS) is 16.7. The Morgan fingerprint density at radius 3 is 1.86 bits per heavy atom. The summed E-state index contributed by atoms with van der Waals surface area (Å²) in [4.78, 5) is 0. The Morgan fingerprint density at radius 2 is 1.64 bits per heavy atom. The van der Waals surface area contributed by atoms with Crippen LogP contribution >= 0.6 is 0 Å². The molecule has 0 bridgehead atoms. The first-order valence-corrected chi connectivity index (χ1v) is 7.91. The zero-order valence-corrected chi connectivity index (χ0v) is 10.8. The van der Waals surface area contributed by atoms with Crippen LogP contribution in [0.3, 0.4) is 0 Å². The molecular weight excluding hydrogens is 199 g/mol. The summed E-state index contributed by atoms with van der Waals surface area (Å²) in [7, 11) is -1.79. The van der Waals surface area contributed by atoms with Gasteiger partial charge in [-0.25, -0.2) is 4.39 Å². The molecule has 0 spiro atoms. The van der Waals surface area contributed by atoms with E-state index < -0.39 is 20.6 Å². The van der Waals surface area contributed by atoms with Gasteiger partial charge in [-0.2, -0.15) is 0 Å². The van der Waals surface area contributed by atoms with Crippen molar-refractivity contribution in [2.45, 2.75) is 51.4 Å². The van der Waals surface area contributed by atoms with Crippen molar-refractivity contribution in [3.63, 3.8) is 0 Å². The lowest BCUT2D eigenvalue weighted by Crippen LogP contribution is -2.49. The number of aliphatic hydroxyl groups excluding tert-OH is 1. The number of halogens is 1. The predicted molar refractivity (Wildman–Crippen MR) is 59.7 cm³/mol. The topological polar surface area (TPSA) is 29.5 Å². The van der Waals surface area contributed by atoms with Crippen molar-refractivity contribution < 1.29 is 13.9 Å². The van der Waals surface area contributed by atoms with Gasteiger partial charge in [0.2, 0.25) is 0 Å². The molecule has 0 aliphatic heterocycles. The van der Waals surface area contributed by atoms with E-state index in [1.54, 1.807) is 6.92 Å². The van der Waals surface area contributed by atoms with Gasteiger partial charge in [0.15, 0.2) is 8.32 Å². The zero-order chi connectivity index (χ0) is 11.2. The smallest absolute Gasteiger partial charge is 0.193 e. The summed E-state index contributed by atoms with van der Waals surface area (Å²) in [5.74, 6) is 0. The molecular formula is C10H23FO2Si. The molecule has 2 nitrogen and oxygen atoms in total. The molecule has 0 fully saturated rings. The first-order chi connectivity index (χ1) is 6.51. The van der Waals surface area contributed by atoms with Gasteiger partial charge in [0, 0.05) is 0 Å². The number of aliphatic hydroxyl groups is 1. The maximum Gasteiger partial charge on any atom is 0.193 e. The number of hydrogen-bond acceptors (Lipinski definition) is 2. The number of alkyl halides is 1. The maximum absolute atomic E-state index is 12.7. The average Bonchev–Trinajstić information content (AvgIpc) is 2.26. The summed E-state index contributed by atoms with van der Waals surface area (Å²) < 4.78 is 18.6. The molecule has 1 atom stereocenters. The first kappa shape index (κ1) is 14.1. The Bertz CT molecular complexity index is 148. The van der Waals surface area contributed by atoms with E-state index in [2.05, 4.69) is 20.8 Å². The van der Waals surface area contributed by atoms with Gasteiger partial charge in [0.05, 0.1) is 6.61 Å².